The largest absolute Gasteiger partial charge is 0.388 e. The van der Waals surface area contributed by atoms with E-state index in [1.54, 1.807) is 13.1 Å². The summed E-state index contributed by atoms with van der Waals surface area (Å²) in [5, 5.41) is 9.63. The second-order valence-electron chi connectivity index (χ2n) is 3.62. The molecule has 18 heavy (non-hydrogen) atoms. The van der Waals surface area contributed by atoms with Crippen LogP contribution in [0.15, 0.2) is 23.3 Å². The Bertz CT molecular complexity index is 506. The monoisotopic (exact) mass is 268 g/mol. The molecule has 0 aromatic heterocycles. The van der Waals surface area contributed by atoms with Crippen molar-refractivity contribution >= 4 is 29.1 Å². The summed E-state index contributed by atoms with van der Waals surface area (Å²) in [4.78, 5) is 11.9. The number of thioether (sulfide) groups is 1. The molecule has 1 atom stereocenters. The van der Waals surface area contributed by atoms with Crippen molar-refractivity contribution in [3.8, 4) is 0 Å². The van der Waals surface area contributed by atoms with Gasteiger partial charge in [-0.1, -0.05) is 0 Å². The van der Waals surface area contributed by atoms with Gasteiger partial charge >= 0.3 is 0 Å². The minimum atomic E-state index is -0.411. The molecule has 0 aliphatic carbocycles. The molecule has 5 nitrogen and oxygen atoms in total. The normalized spacial score (nSPS) is 18.7. The number of hydrazone groups is 1. The molecule has 0 spiro atoms. The molecule has 1 unspecified atom stereocenters. The average Bonchev–Trinajstić information content (AvgIpc) is 2.38. The first-order valence-electron chi connectivity index (χ1n) is 5.30. The minimum absolute atomic E-state index is 0.171. The van der Waals surface area contributed by atoms with Crippen LogP contribution in [0.3, 0.4) is 0 Å². The van der Waals surface area contributed by atoms with Crippen LogP contribution in [0.1, 0.15) is 5.56 Å². The van der Waals surface area contributed by atoms with Gasteiger partial charge in [-0.3, -0.25) is 10.2 Å². The zero-order valence-electron chi connectivity index (χ0n) is 9.95. The maximum absolute atomic E-state index is 13.3. The number of anilines is 1. The van der Waals surface area contributed by atoms with Crippen LogP contribution >= 0.6 is 11.8 Å². The molecule has 0 saturated carbocycles. The van der Waals surface area contributed by atoms with E-state index in [4.69, 9.17) is 0 Å². The Morgan fingerprint density at radius 3 is 2.89 bits per heavy atom. The summed E-state index contributed by atoms with van der Waals surface area (Å²) in [5.74, 6) is -0.735. The Morgan fingerprint density at radius 2 is 2.28 bits per heavy atom. The molecule has 0 fully saturated rings. The highest BCUT2D eigenvalue weighted by atomic mass is 32.2. The molecular weight excluding hydrogens is 255 g/mol. The Hall–Kier alpha value is -1.76. The van der Waals surface area contributed by atoms with E-state index in [1.165, 1.54) is 23.9 Å². The summed E-state index contributed by atoms with van der Waals surface area (Å²) in [6.45, 7) is 0. The van der Waals surface area contributed by atoms with Crippen molar-refractivity contribution in [1.29, 1.82) is 0 Å². The highest BCUT2D eigenvalue weighted by Gasteiger charge is 2.24. The summed E-state index contributed by atoms with van der Waals surface area (Å²) < 4.78 is 13.3. The summed E-state index contributed by atoms with van der Waals surface area (Å²) in [6, 6.07) is 4.18. The molecule has 0 saturated heterocycles. The summed E-state index contributed by atoms with van der Waals surface area (Å²) in [7, 11) is 1.70. The Labute approximate surface area is 108 Å². The van der Waals surface area contributed by atoms with Gasteiger partial charge in [0.1, 0.15) is 5.82 Å². The van der Waals surface area contributed by atoms with Gasteiger partial charge in [0.2, 0.25) is 0 Å². The first kappa shape index (κ1) is 12.7. The van der Waals surface area contributed by atoms with Crippen molar-refractivity contribution < 1.29 is 9.18 Å². The lowest BCUT2D eigenvalue weighted by molar-refractivity contribution is -0.115. The maximum atomic E-state index is 13.3. The van der Waals surface area contributed by atoms with Crippen LogP contribution in [0.2, 0.25) is 0 Å². The van der Waals surface area contributed by atoms with Crippen molar-refractivity contribution in [2.75, 3.05) is 18.6 Å². The van der Waals surface area contributed by atoms with E-state index in [0.29, 0.717) is 11.3 Å². The number of nitrogens with zero attached hydrogens (tertiary/aromatic N) is 1. The first-order chi connectivity index (χ1) is 8.65. The van der Waals surface area contributed by atoms with Crippen LogP contribution in [-0.4, -0.2) is 30.4 Å². The van der Waals surface area contributed by atoms with Crippen molar-refractivity contribution in [2.24, 2.45) is 5.10 Å². The van der Waals surface area contributed by atoms with Gasteiger partial charge in [0.05, 0.1) is 0 Å². The van der Waals surface area contributed by atoms with Crippen molar-refractivity contribution in [2.45, 2.75) is 5.50 Å². The fourth-order valence-electron chi connectivity index (χ4n) is 1.62. The molecule has 1 heterocycles. The number of benzene rings is 1. The molecular formula is C11H13FN4OS. The van der Waals surface area contributed by atoms with E-state index in [0.717, 1.165) is 0 Å². The lowest BCUT2D eigenvalue weighted by Crippen LogP contribution is -2.49. The fraction of sp³-hybridized carbons (Fsp3) is 0.273. The molecule has 1 aliphatic heterocycles. The number of rotatable bonds is 3. The van der Waals surface area contributed by atoms with E-state index in [1.807, 2.05) is 6.26 Å². The summed E-state index contributed by atoms with van der Waals surface area (Å²) >= 11 is 1.42. The summed E-state index contributed by atoms with van der Waals surface area (Å²) in [5.41, 5.74) is 3.78. The van der Waals surface area contributed by atoms with Crippen LogP contribution in [0.5, 0.6) is 0 Å². The number of hydrogen-bond donors (Lipinski definition) is 3. The standard InChI is InChI=1S/C11H13FN4OS/c1-13-8-4-3-6(12)5-7(8)9-10(17)14-11(18-2)16-15-9/h3-5,11,13,16H,1-2H3,(H,14,17). The molecule has 3 N–H and O–H groups in total. The van der Waals surface area contributed by atoms with Crippen molar-refractivity contribution in [3.05, 3.63) is 29.6 Å². The summed E-state index contributed by atoms with van der Waals surface area (Å²) in [6.07, 6.45) is 1.85. The zero-order chi connectivity index (χ0) is 13.1. The van der Waals surface area contributed by atoms with Crippen molar-refractivity contribution in [1.82, 2.24) is 10.7 Å². The molecule has 2 rings (SSSR count). The Morgan fingerprint density at radius 1 is 1.50 bits per heavy atom. The molecule has 96 valence electrons. The maximum Gasteiger partial charge on any atom is 0.274 e. The van der Waals surface area contributed by atoms with E-state index < -0.39 is 5.82 Å². The third kappa shape index (κ3) is 2.40. The third-order valence-corrected chi connectivity index (χ3v) is 3.21. The number of nitrogens with one attached hydrogen (secondary N) is 3. The van der Waals surface area contributed by atoms with Crippen LogP contribution in [0.25, 0.3) is 0 Å². The predicted octanol–water partition coefficient (Wildman–Crippen LogP) is 0.938. The highest BCUT2D eigenvalue weighted by molar-refractivity contribution is 7.99. The van der Waals surface area contributed by atoms with Crippen LogP contribution in [0.4, 0.5) is 10.1 Å². The predicted molar refractivity (Wildman–Crippen MR) is 71.1 cm³/mol. The number of halogens is 1. The molecule has 1 aromatic rings. The van der Waals surface area contributed by atoms with Crippen LogP contribution in [-0.2, 0) is 4.79 Å². The number of hydrogen-bond acceptors (Lipinski definition) is 5. The van der Waals surface area contributed by atoms with Gasteiger partial charge in [-0.25, -0.2) is 4.39 Å². The number of amides is 1. The van der Waals surface area contributed by atoms with Crippen molar-refractivity contribution in [3.63, 3.8) is 0 Å². The molecule has 1 aliphatic rings. The minimum Gasteiger partial charge on any atom is -0.388 e. The number of carbonyl (C=O) groups excluding carboxylic acids is 1. The molecule has 7 heteroatoms. The molecule has 0 bridgehead atoms. The van der Waals surface area contributed by atoms with Gasteiger partial charge < -0.3 is 10.6 Å². The average molecular weight is 268 g/mol. The van der Waals surface area contributed by atoms with Crippen LogP contribution in [0, 0.1) is 5.82 Å². The number of carbonyl (C=O) groups is 1. The second kappa shape index (κ2) is 5.26. The quantitative estimate of drug-likeness (QED) is 0.763. The van der Waals surface area contributed by atoms with Crippen LogP contribution < -0.4 is 16.1 Å². The Balaban J connectivity index is 2.39. The fourth-order valence-corrected chi connectivity index (χ4v) is 2.00. The van der Waals surface area contributed by atoms with Gasteiger partial charge in [0.15, 0.2) is 11.2 Å². The van der Waals surface area contributed by atoms with Gasteiger partial charge in [0.25, 0.3) is 5.91 Å². The van der Waals surface area contributed by atoms with Gasteiger partial charge in [-0.15, -0.1) is 11.8 Å². The molecule has 1 amide bonds. The van der Waals surface area contributed by atoms with Gasteiger partial charge in [-0.2, -0.15) is 5.10 Å². The lowest BCUT2D eigenvalue weighted by Gasteiger charge is -2.23. The zero-order valence-corrected chi connectivity index (χ0v) is 10.8. The SMILES string of the molecule is CNc1ccc(F)cc1C1=NNC(SC)NC1=O. The van der Waals surface area contributed by atoms with E-state index in [-0.39, 0.29) is 17.1 Å². The van der Waals surface area contributed by atoms with Gasteiger partial charge in [0, 0.05) is 18.3 Å². The first-order valence-corrected chi connectivity index (χ1v) is 6.59. The van der Waals surface area contributed by atoms with E-state index >= 15 is 0 Å². The highest BCUT2D eigenvalue weighted by Crippen LogP contribution is 2.19. The second-order valence-corrected chi connectivity index (χ2v) is 4.56. The topological polar surface area (TPSA) is 65.5 Å². The van der Waals surface area contributed by atoms with Gasteiger partial charge in [-0.05, 0) is 24.5 Å². The lowest BCUT2D eigenvalue weighted by atomic mass is 10.1. The smallest absolute Gasteiger partial charge is 0.274 e. The Kier molecular flexibility index (Phi) is 3.71. The van der Waals surface area contributed by atoms with E-state index in [9.17, 15) is 9.18 Å². The molecule has 1 aromatic carbocycles. The third-order valence-electron chi connectivity index (χ3n) is 2.51. The van der Waals surface area contributed by atoms with E-state index in [2.05, 4.69) is 21.2 Å². The molecule has 0 radical (unpaired) electrons.